The number of hydrogen-bond acceptors (Lipinski definition) is 2. The Morgan fingerprint density at radius 1 is 0.265 bits per heavy atom. The molecule has 0 saturated carbocycles. The van der Waals surface area contributed by atoms with Crippen molar-refractivity contribution in [3.8, 4) is 33.9 Å². The van der Waals surface area contributed by atoms with Crippen molar-refractivity contribution >= 4 is 109 Å². The molecule has 0 spiro atoms. The van der Waals surface area contributed by atoms with Crippen LogP contribution in [0.2, 0.25) is 0 Å². The van der Waals surface area contributed by atoms with Crippen molar-refractivity contribution in [1.29, 1.82) is 0 Å². The van der Waals surface area contributed by atoms with Crippen molar-refractivity contribution in [1.82, 2.24) is 19.1 Å². The number of benzene rings is 12. The van der Waals surface area contributed by atoms with Crippen LogP contribution in [-0.4, -0.2) is 19.1 Å². The maximum atomic E-state index is 5.36. The molecule has 3 aromatic heterocycles. The number of fused-ring (bicyclic) bond motifs is 14. The zero-order chi connectivity index (χ0) is 44.5. The van der Waals surface area contributed by atoms with Crippen molar-refractivity contribution in [2.24, 2.45) is 0 Å². The van der Waals surface area contributed by atoms with E-state index in [0.29, 0.717) is 0 Å². The summed E-state index contributed by atoms with van der Waals surface area (Å²) in [5, 5.41) is 17.1. The monoisotopic (exact) mass is 862 g/mol. The maximum absolute atomic E-state index is 5.36. The van der Waals surface area contributed by atoms with Crippen molar-refractivity contribution in [3.05, 3.63) is 231 Å². The van der Waals surface area contributed by atoms with E-state index in [1.165, 1.54) is 86.7 Å². The lowest BCUT2D eigenvalue weighted by Crippen LogP contribution is -1.97. The van der Waals surface area contributed by atoms with Gasteiger partial charge in [0.2, 0.25) is 0 Å². The Bertz CT molecular complexity index is 4630. The summed E-state index contributed by atoms with van der Waals surface area (Å²) in [6, 6.07) is 84.0. The molecular weight excluding hydrogens is 825 g/mol. The average Bonchev–Trinajstić information content (AvgIpc) is 3.91. The zero-order valence-corrected chi connectivity index (χ0v) is 36.7. The summed E-state index contributed by atoms with van der Waals surface area (Å²) in [6.45, 7) is 0. The van der Waals surface area contributed by atoms with Crippen LogP contribution in [0.3, 0.4) is 0 Å². The van der Waals surface area contributed by atoms with E-state index in [1.807, 2.05) is 12.1 Å². The van der Waals surface area contributed by atoms with Crippen LogP contribution in [0.15, 0.2) is 231 Å². The minimum atomic E-state index is 0.867. The minimum Gasteiger partial charge on any atom is -0.309 e. The van der Waals surface area contributed by atoms with Gasteiger partial charge in [-0.3, -0.25) is 0 Å². The fourth-order valence-electron chi connectivity index (χ4n) is 11.3. The Balaban J connectivity index is 0.920. The molecule has 4 heteroatoms. The third-order valence-corrected chi connectivity index (χ3v) is 14.4. The lowest BCUT2D eigenvalue weighted by atomic mass is 9.96. The predicted molar refractivity (Wildman–Crippen MR) is 287 cm³/mol. The molecule has 68 heavy (non-hydrogen) atoms. The van der Waals surface area contributed by atoms with Crippen LogP contribution in [0.5, 0.6) is 0 Å². The van der Waals surface area contributed by atoms with E-state index >= 15 is 0 Å². The molecule has 0 fully saturated rings. The van der Waals surface area contributed by atoms with Crippen LogP contribution in [0.1, 0.15) is 0 Å². The van der Waals surface area contributed by atoms with Crippen LogP contribution in [0.25, 0.3) is 142 Å². The Morgan fingerprint density at radius 2 is 0.824 bits per heavy atom. The fourth-order valence-corrected chi connectivity index (χ4v) is 11.3. The smallest absolute Gasteiger partial charge is 0.0973 e. The molecule has 0 bridgehead atoms. The molecule has 4 nitrogen and oxygen atoms in total. The van der Waals surface area contributed by atoms with Gasteiger partial charge in [-0.1, -0.05) is 164 Å². The Hall–Kier alpha value is -9.12. The van der Waals surface area contributed by atoms with E-state index in [4.69, 9.17) is 9.97 Å². The normalized spacial score (nSPS) is 12.1. The molecule has 12 aromatic carbocycles. The molecule has 0 radical (unpaired) electrons. The fraction of sp³-hybridized carbons (Fsp3) is 0. The molecule has 3 heterocycles. The highest BCUT2D eigenvalue weighted by Crippen LogP contribution is 2.42. The van der Waals surface area contributed by atoms with Crippen molar-refractivity contribution in [2.75, 3.05) is 0 Å². The van der Waals surface area contributed by atoms with Gasteiger partial charge in [-0.05, 0) is 110 Å². The SMILES string of the molecule is c1cc(-n2c3ccccc3c3cc4ccc(-n5c6ccccc6c6ccc7ccccc7c65)cc4cc32)c2ccc(-c3nc4ccccc4nc3-c3ccc4ccc5ccccc5c4c3)cc2c1. The molecule has 0 aliphatic carbocycles. The van der Waals surface area contributed by atoms with E-state index in [9.17, 15) is 0 Å². The molecule has 0 saturated heterocycles. The first-order valence-corrected chi connectivity index (χ1v) is 23.3. The van der Waals surface area contributed by atoms with E-state index < -0.39 is 0 Å². The van der Waals surface area contributed by atoms with Gasteiger partial charge >= 0.3 is 0 Å². The molecule has 15 rings (SSSR count). The highest BCUT2D eigenvalue weighted by molar-refractivity contribution is 6.19. The van der Waals surface area contributed by atoms with Gasteiger partial charge in [0.1, 0.15) is 0 Å². The summed E-state index contributed by atoms with van der Waals surface area (Å²) in [5.41, 5.74) is 12.6. The second-order valence-corrected chi connectivity index (χ2v) is 18.1. The first kappa shape index (κ1) is 37.1. The summed E-state index contributed by atoms with van der Waals surface area (Å²) in [7, 11) is 0. The van der Waals surface area contributed by atoms with Gasteiger partial charge in [-0.2, -0.15) is 0 Å². The maximum Gasteiger partial charge on any atom is 0.0973 e. The molecule has 0 aliphatic heterocycles. The predicted octanol–water partition coefficient (Wildman–Crippen LogP) is 16.9. The lowest BCUT2D eigenvalue weighted by molar-refractivity contribution is 1.19. The van der Waals surface area contributed by atoms with E-state index in [1.54, 1.807) is 0 Å². The number of hydrogen-bond donors (Lipinski definition) is 0. The number of aromatic nitrogens is 4. The second-order valence-electron chi connectivity index (χ2n) is 18.1. The van der Waals surface area contributed by atoms with Crippen molar-refractivity contribution in [2.45, 2.75) is 0 Å². The van der Waals surface area contributed by atoms with Gasteiger partial charge in [0, 0.05) is 49.1 Å². The van der Waals surface area contributed by atoms with Gasteiger partial charge in [0.15, 0.2) is 0 Å². The molecule has 314 valence electrons. The minimum absolute atomic E-state index is 0.867. The molecule has 15 aromatic rings. The quantitative estimate of drug-likeness (QED) is 0.165. The molecule has 0 N–H and O–H groups in total. The van der Waals surface area contributed by atoms with Crippen LogP contribution < -0.4 is 0 Å². The van der Waals surface area contributed by atoms with Gasteiger partial charge in [-0.15, -0.1) is 0 Å². The van der Waals surface area contributed by atoms with Gasteiger partial charge in [0.25, 0.3) is 0 Å². The summed E-state index contributed by atoms with van der Waals surface area (Å²) in [5.74, 6) is 0. The Labute approximate surface area is 390 Å². The standard InChI is InChI=1S/C64H38N4/c1-3-15-48-39(12-1)24-25-41-26-27-45(37-54(41)48)63-62(65-56-19-7-8-20-57(56)66-63)44-30-32-49-43(34-44)14-11-23-58(49)68-60-22-10-6-18-52(60)55-36-42-28-31-47(35-46(42)38-61(55)68)67-59-21-9-5-17-51(59)53-33-29-40-13-2-4-16-50(40)64(53)67/h1-38H. The van der Waals surface area contributed by atoms with Crippen molar-refractivity contribution in [3.63, 3.8) is 0 Å². The highest BCUT2D eigenvalue weighted by Gasteiger charge is 2.20. The van der Waals surface area contributed by atoms with Crippen LogP contribution >= 0.6 is 0 Å². The van der Waals surface area contributed by atoms with Crippen LogP contribution in [0, 0.1) is 0 Å². The zero-order valence-electron chi connectivity index (χ0n) is 36.7. The molecular formula is C64H38N4. The number of nitrogens with zero attached hydrogens (tertiary/aromatic N) is 4. The number of para-hydroxylation sites is 4. The first-order valence-electron chi connectivity index (χ1n) is 23.3. The lowest BCUT2D eigenvalue weighted by Gasteiger charge is -2.15. The third kappa shape index (κ3) is 5.43. The summed E-state index contributed by atoms with van der Waals surface area (Å²) in [4.78, 5) is 10.7. The van der Waals surface area contributed by atoms with E-state index in [-0.39, 0.29) is 0 Å². The third-order valence-electron chi connectivity index (χ3n) is 14.4. The molecule has 0 unspecified atom stereocenters. The van der Waals surface area contributed by atoms with Gasteiger partial charge in [0.05, 0.1) is 50.2 Å². The average molecular weight is 863 g/mol. The second kappa shape index (κ2) is 14.2. The summed E-state index contributed by atoms with van der Waals surface area (Å²) in [6.07, 6.45) is 0. The molecule has 0 atom stereocenters. The van der Waals surface area contributed by atoms with Crippen LogP contribution in [0.4, 0.5) is 0 Å². The first-order chi connectivity index (χ1) is 33.7. The summed E-state index contributed by atoms with van der Waals surface area (Å²) < 4.78 is 4.93. The Morgan fingerprint density at radius 3 is 1.62 bits per heavy atom. The van der Waals surface area contributed by atoms with Gasteiger partial charge < -0.3 is 9.13 Å². The molecule has 0 amide bonds. The van der Waals surface area contributed by atoms with Gasteiger partial charge in [-0.25, -0.2) is 9.97 Å². The summed E-state index contributed by atoms with van der Waals surface area (Å²) >= 11 is 0. The van der Waals surface area contributed by atoms with Crippen molar-refractivity contribution < 1.29 is 0 Å². The largest absolute Gasteiger partial charge is 0.309 e. The molecule has 0 aliphatic rings. The Kier molecular flexibility index (Phi) is 7.75. The highest BCUT2D eigenvalue weighted by atomic mass is 15.0. The topological polar surface area (TPSA) is 35.6 Å². The van der Waals surface area contributed by atoms with E-state index in [2.05, 4.69) is 228 Å². The van der Waals surface area contributed by atoms with E-state index in [0.717, 1.165) is 55.7 Å². The van der Waals surface area contributed by atoms with Crippen LogP contribution in [-0.2, 0) is 0 Å². The number of rotatable bonds is 4.